The molecule has 7 nitrogen and oxygen atoms in total. The number of hydrogen-bond donors (Lipinski definition) is 2. The summed E-state index contributed by atoms with van der Waals surface area (Å²) < 4.78 is 58.5. The van der Waals surface area contributed by atoms with Gasteiger partial charge in [-0.1, -0.05) is 65.0 Å². The molecule has 4 aromatic carbocycles. The number of sulfonamides is 1. The molecule has 1 saturated heterocycles. The zero-order valence-electron chi connectivity index (χ0n) is 25.1. The molecule has 4 atom stereocenters. The SMILES string of the molecule is C#[N+]C(C(=O)Nc1cccc(F)c1CCC1CNCC(C)N1S(=O)(=O)c1ccccc1)C(c1ccc(Cl)cc1)c1cccc(F)c1. The summed E-state index contributed by atoms with van der Waals surface area (Å²) in [5.41, 5.74) is 1.52. The molecule has 1 aliphatic heterocycles. The van der Waals surface area contributed by atoms with E-state index in [1.54, 1.807) is 66.7 Å². The first kappa shape index (κ1) is 33.2. The van der Waals surface area contributed by atoms with Crippen molar-refractivity contribution in [2.45, 2.75) is 48.7 Å². The van der Waals surface area contributed by atoms with Crippen LogP contribution in [-0.2, 0) is 21.2 Å². The molecule has 46 heavy (non-hydrogen) atoms. The molecule has 2 N–H and O–H groups in total. The van der Waals surface area contributed by atoms with E-state index in [9.17, 15) is 17.6 Å². The number of amides is 1. The maximum absolute atomic E-state index is 15.4. The summed E-state index contributed by atoms with van der Waals surface area (Å²) in [5.74, 6) is -2.44. The lowest BCUT2D eigenvalue weighted by molar-refractivity contribution is -0.116. The first-order valence-corrected chi connectivity index (χ1v) is 16.7. The fraction of sp³-hybridized carbons (Fsp3) is 0.257. The number of halogens is 3. The molecule has 0 aliphatic carbocycles. The van der Waals surface area contributed by atoms with Gasteiger partial charge in [-0.05, 0) is 79.4 Å². The number of piperazine rings is 1. The van der Waals surface area contributed by atoms with Crippen LogP contribution >= 0.6 is 11.6 Å². The summed E-state index contributed by atoms with van der Waals surface area (Å²) in [7, 11) is -3.82. The molecule has 0 bridgehead atoms. The van der Waals surface area contributed by atoms with E-state index in [1.165, 1.54) is 34.6 Å². The van der Waals surface area contributed by atoms with Crippen molar-refractivity contribution in [2.24, 2.45) is 0 Å². The van der Waals surface area contributed by atoms with Crippen LogP contribution in [0, 0.1) is 18.2 Å². The van der Waals surface area contributed by atoms with Crippen LogP contribution in [-0.4, -0.2) is 49.8 Å². The van der Waals surface area contributed by atoms with Crippen LogP contribution in [0.3, 0.4) is 0 Å². The molecule has 0 spiro atoms. The monoisotopic (exact) mass is 663 g/mol. The van der Waals surface area contributed by atoms with Crippen molar-refractivity contribution >= 4 is 33.2 Å². The number of nitrogens with zero attached hydrogens (tertiary/aromatic N) is 2. The lowest BCUT2D eigenvalue weighted by Gasteiger charge is -2.40. The largest absolute Gasteiger partial charge is 0.359 e. The lowest BCUT2D eigenvalue weighted by Crippen LogP contribution is -2.58. The fourth-order valence-electron chi connectivity index (χ4n) is 6.06. The molecule has 4 unspecified atom stereocenters. The topological polar surface area (TPSA) is 82.9 Å². The Morgan fingerprint density at radius 2 is 1.72 bits per heavy atom. The molecule has 1 amide bonds. The predicted octanol–water partition coefficient (Wildman–Crippen LogP) is 6.70. The Morgan fingerprint density at radius 1 is 1.00 bits per heavy atom. The van der Waals surface area contributed by atoms with Crippen LogP contribution in [0.25, 0.3) is 4.85 Å². The molecule has 1 fully saturated rings. The van der Waals surface area contributed by atoms with Gasteiger partial charge in [0.15, 0.2) is 0 Å². The molecule has 1 aliphatic rings. The van der Waals surface area contributed by atoms with Gasteiger partial charge in [0.2, 0.25) is 10.0 Å². The highest BCUT2D eigenvalue weighted by Gasteiger charge is 2.41. The van der Waals surface area contributed by atoms with Crippen LogP contribution in [0.1, 0.15) is 36.0 Å². The van der Waals surface area contributed by atoms with E-state index in [0.717, 1.165) is 0 Å². The zero-order valence-corrected chi connectivity index (χ0v) is 26.7. The summed E-state index contributed by atoms with van der Waals surface area (Å²) in [6.45, 7) is 8.51. The minimum atomic E-state index is -3.82. The number of carbonyl (C=O) groups excluding carboxylic acids is 1. The highest BCUT2D eigenvalue weighted by Crippen LogP contribution is 2.33. The molecular weight excluding hydrogens is 630 g/mol. The normalized spacial score (nSPS) is 18.3. The summed E-state index contributed by atoms with van der Waals surface area (Å²) in [5, 5.41) is 6.55. The van der Waals surface area contributed by atoms with E-state index >= 15 is 4.39 Å². The summed E-state index contributed by atoms with van der Waals surface area (Å²) in [6.07, 6.45) is 0.422. The van der Waals surface area contributed by atoms with Gasteiger partial charge in [-0.25, -0.2) is 17.2 Å². The third-order valence-electron chi connectivity index (χ3n) is 8.22. The van der Waals surface area contributed by atoms with Crippen molar-refractivity contribution in [3.05, 3.63) is 135 Å². The second-order valence-electron chi connectivity index (χ2n) is 11.3. The maximum atomic E-state index is 15.4. The van der Waals surface area contributed by atoms with Crippen molar-refractivity contribution in [1.82, 2.24) is 9.62 Å². The van der Waals surface area contributed by atoms with E-state index < -0.39 is 45.6 Å². The standard InChI is InChI=1S/C35H33ClF2N4O3S/c1-23-21-40-22-28(42(23)46(44,45)29-10-4-3-5-11-29)18-19-30-31(38)12-7-13-32(30)41-35(43)34(39-2)33(24-14-16-26(36)17-15-24)25-8-6-9-27(37)20-25/h2-17,20,23,28,33-34,40H,18-19,21-22H2,1H3/p+1. The van der Waals surface area contributed by atoms with Gasteiger partial charge in [0.25, 0.3) is 6.57 Å². The number of carbonyl (C=O) groups is 1. The van der Waals surface area contributed by atoms with Crippen molar-refractivity contribution in [3.63, 3.8) is 0 Å². The van der Waals surface area contributed by atoms with Gasteiger partial charge < -0.3 is 10.6 Å². The molecule has 5 rings (SSSR count). The van der Waals surface area contributed by atoms with Crippen molar-refractivity contribution in [2.75, 3.05) is 18.4 Å². The van der Waals surface area contributed by atoms with Gasteiger partial charge in [-0.15, -0.1) is 0 Å². The van der Waals surface area contributed by atoms with E-state index in [0.29, 0.717) is 29.2 Å². The second-order valence-corrected chi connectivity index (χ2v) is 13.6. The highest BCUT2D eigenvalue weighted by molar-refractivity contribution is 7.89. The predicted molar refractivity (Wildman–Crippen MR) is 177 cm³/mol. The Kier molecular flexibility index (Phi) is 10.5. The van der Waals surface area contributed by atoms with Crippen LogP contribution in [0.2, 0.25) is 5.02 Å². The molecule has 1 heterocycles. The zero-order chi connectivity index (χ0) is 32.8. The highest BCUT2D eigenvalue weighted by atomic mass is 35.5. The summed E-state index contributed by atoms with van der Waals surface area (Å²) >= 11 is 6.10. The Morgan fingerprint density at radius 3 is 2.41 bits per heavy atom. The summed E-state index contributed by atoms with van der Waals surface area (Å²) in [4.78, 5) is 17.9. The maximum Gasteiger partial charge on any atom is 0.359 e. The third-order valence-corrected chi connectivity index (χ3v) is 10.6. The Bertz CT molecular complexity index is 1840. The lowest BCUT2D eigenvalue weighted by atomic mass is 9.84. The van der Waals surface area contributed by atoms with Crippen molar-refractivity contribution in [1.29, 1.82) is 0 Å². The van der Waals surface area contributed by atoms with Crippen molar-refractivity contribution in [3.8, 4) is 6.57 Å². The Labute approximate surface area is 273 Å². The summed E-state index contributed by atoms with van der Waals surface area (Å²) in [6, 6.07) is 23.1. The van der Waals surface area contributed by atoms with Crippen LogP contribution in [0.15, 0.2) is 102 Å². The quantitative estimate of drug-likeness (QED) is 0.198. The number of nitrogens with one attached hydrogen (secondary N) is 2. The van der Waals surface area contributed by atoms with Gasteiger partial charge in [0.05, 0.1) is 10.8 Å². The van der Waals surface area contributed by atoms with Gasteiger partial charge in [0, 0.05) is 41.4 Å². The molecule has 11 heteroatoms. The van der Waals surface area contributed by atoms with Gasteiger partial charge in [-0.3, -0.25) is 4.79 Å². The first-order chi connectivity index (χ1) is 22.1. The number of rotatable bonds is 10. The smallest absolute Gasteiger partial charge is 0.319 e. The molecule has 238 valence electrons. The number of benzene rings is 4. The van der Waals surface area contributed by atoms with Crippen LogP contribution in [0.4, 0.5) is 14.5 Å². The first-order valence-electron chi connectivity index (χ1n) is 14.9. The average Bonchev–Trinajstić information content (AvgIpc) is 3.04. The van der Waals surface area contributed by atoms with E-state index in [4.69, 9.17) is 18.2 Å². The van der Waals surface area contributed by atoms with E-state index in [1.807, 2.05) is 6.92 Å². The second kappa shape index (κ2) is 14.5. The molecule has 4 aromatic rings. The number of anilines is 1. The minimum Gasteiger partial charge on any atom is -0.319 e. The van der Waals surface area contributed by atoms with Gasteiger partial charge in [-0.2, -0.15) is 4.31 Å². The third kappa shape index (κ3) is 7.29. The molecule has 0 aromatic heterocycles. The Balaban J connectivity index is 1.41. The van der Waals surface area contributed by atoms with E-state index in [-0.39, 0.29) is 35.0 Å². The average molecular weight is 664 g/mol. The Hall–Kier alpha value is -4.14. The molecular formula is C35H34ClF2N4O3S+. The molecule has 0 radical (unpaired) electrons. The molecule has 0 saturated carbocycles. The van der Waals surface area contributed by atoms with Gasteiger partial charge >= 0.3 is 11.9 Å². The van der Waals surface area contributed by atoms with Crippen LogP contribution in [0.5, 0.6) is 0 Å². The van der Waals surface area contributed by atoms with Crippen molar-refractivity contribution < 1.29 is 22.0 Å². The minimum absolute atomic E-state index is 0.136. The van der Waals surface area contributed by atoms with Crippen LogP contribution < -0.4 is 10.6 Å². The fourth-order valence-corrected chi connectivity index (χ4v) is 8.05. The van der Waals surface area contributed by atoms with E-state index in [2.05, 4.69) is 15.5 Å². The number of hydrogen-bond acceptors (Lipinski definition) is 4. The van der Waals surface area contributed by atoms with Gasteiger partial charge in [0.1, 0.15) is 11.6 Å².